The summed E-state index contributed by atoms with van der Waals surface area (Å²) in [4.78, 5) is 12.0. The van der Waals surface area contributed by atoms with Gasteiger partial charge in [-0.3, -0.25) is 4.79 Å². The van der Waals surface area contributed by atoms with Crippen LogP contribution in [0.3, 0.4) is 0 Å². The highest BCUT2D eigenvalue weighted by Crippen LogP contribution is 2.19. The van der Waals surface area contributed by atoms with Gasteiger partial charge in [-0.05, 0) is 37.1 Å². The highest BCUT2D eigenvalue weighted by Gasteiger charge is 2.06. The summed E-state index contributed by atoms with van der Waals surface area (Å²) >= 11 is 0. The number of aryl methyl sites for hydroxylation is 2. The molecular weight excluding hydrogens is 264 g/mol. The fourth-order valence-electron chi connectivity index (χ4n) is 2.17. The number of carbonyl (C=O) groups excluding carboxylic acids is 1. The van der Waals surface area contributed by atoms with Crippen LogP contribution in [-0.4, -0.2) is 19.6 Å². The first-order chi connectivity index (χ1) is 10.1. The highest BCUT2D eigenvalue weighted by atomic mass is 16.5. The van der Waals surface area contributed by atoms with Crippen LogP contribution < -0.4 is 15.4 Å². The molecule has 110 valence electrons. The summed E-state index contributed by atoms with van der Waals surface area (Å²) in [5.74, 6) is 0.626. The van der Waals surface area contributed by atoms with E-state index in [1.165, 1.54) is 0 Å². The van der Waals surface area contributed by atoms with E-state index in [0.717, 1.165) is 28.3 Å². The molecule has 4 heteroatoms. The van der Waals surface area contributed by atoms with Crippen LogP contribution in [0.2, 0.25) is 0 Å². The van der Waals surface area contributed by atoms with Gasteiger partial charge in [-0.15, -0.1) is 0 Å². The molecule has 1 amide bonds. The van der Waals surface area contributed by atoms with Crippen molar-refractivity contribution >= 4 is 17.3 Å². The number of hydrogen-bond acceptors (Lipinski definition) is 3. The molecule has 0 fully saturated rings. The lowest BCUT2D eigenvalue weighted by Gasteiger charge is -2.13. The van der Waals surface area contributed by atoms with Gasteiger partial charge in [0.25, 0.3) is 0 Å². The fourth-order valence-corrected chi connectivity index (χ4v) is 2.17. The molecule has 21 heavy (non-hydrogen) atoms. The number of nitrogens with one attached hydrogen (secondary N) is 2. The second kappa shape index (κ2) is 6.79. The molecule has 0 bridgehead atoms. The molecule has 0 saturated carbocycles. The lowest BCUT2D eigenvalue weighted by Crippen LogP contribution is -2.22. The summed E-state index contributed by atoms with van der Waals surface area (Å²) in [5.41, 5.74) is 3.99. The zero-order valence-corrected chi connectivity index (χ0v) is 12.6. The van der Waals surface area contributed by atoms with Gasteiger partial charge in [-0.1, -0.05) is 24.3 Å². The molecule has 0 aliphatic carbocycles. The number of benzene rings is 2. The van der Waals surface area contributed by atoms with Gasteiger partial charge in [0.15, 0.2) is 0 Å². The summed E-state index contributed by atoms with van der Waals surface area (Å²) in [6, 6.07) is 13.4. The Balaban J connectivity index is 1.96. The van der Waals surface area contributed by atoms with E-state index >= 15 is 0 Å². The molecule has 0 atom stereocenters. The monoisotopic (exact) mass is 284 g/mol. The van der Waals surface area contributed by atoms with Gasteiger partial charge in [-0.25, -0.2) is 0 Å². The number of rotatable bonds is 5. The van der Waals surface area contributed by atoms with E-state index in [1.54, 1.807) is 13.2 Å². The summed E-state index contributed by atoms with van der Waals surface area (Å²) in [5, 5.41) is 6.03. The van der Waals surface area contributed by atoms with Crippen LogP contribution in [0.4, 0.5) is 11.4 Å². The van der Waals surface area contributed by atoms with E-state index in [1.807, 2.05) is 50.2 Å². The van der Waals surface area contributed by atoms with Crippen molar-refractivity contribution in [2.75, 3.05) is 24.3 Å². The highest BCUT2D eigenvalue weighted by molar-refractivity contribution is 5.94. The molecule has 2 N–H and O–H groups in total. The zero-order valence-electron chi connectivity index (χ0n) is 12.6. The first-order valence-corrected chi connectivity index (χ1v) is 6.84. The minimum absolute atomic E-state index is 0.0918. The third-order valence-electron chi connectivity index (χ3n) is 3.26. The molecular formula is C17H20N2O2. The number of carbonyl (C=O) groups is 1. The quantitative estimate of drug-likeness (QED) is 0.885. The Bertz CT molecular complexity index is 618. The lowest BCUT2D eigenvalue weighted by atomic mass is 10.1. The second-order valence-corrected chi connectivity index (χ2v) is 4.90. The molecule has 0 aliphatic heterocycles. The van der Waals surface area contributed by atoms with Crippen LogP contribution in [0, 0.1) is 13.8 Å². The molecule has 2 aromatic rings. The number of anilines is 2. The minimum atomic E-state index is -0.0918. The Morgan fingerprint density at radius 3 is 2.43 bits per heavy atom. The minimum Gasteiger partial charge on any atom is -0.497 e. The van der Waals surface area contributed by atoms with Gasteiger partial charge < -0.3 is 15.4 Å². The van der Waals surface area contributed by atoms with Crippen molar-refractivity contribution in [1.29, 1.82) is 0 Å². The van der Waals surface area contributed by atoms with Gasteiger partial charge in [0.05, 0.1) is 13.7 Å². The average Bonchev–Trinajstić information content (AvgIpc) is 2.47. The molecule has 0 spiro atoms. The van der Waals surface area contributed by atoms with Crippen molar-refractivity contribution in [1.82, 2.24) is 0 Å². The van der Waals surface area contributed by atoms with Gasteiger partial charge in [0, 0.05) is 17.4 Å². The van der Waals surface area contributed by atoms with Crippen LogP contribution in [0.1, 0.15) is 11.1 Å². The largest absolute Gasteiger partial charge is 0.497 e. The van der Waals surface area contributed by atoms with Crippen molar-refractivity contribution in [2.24, 2.45) is 0 Å². The Morgan fingerprint density at radius 1 is 1.10 bits per heavy atom. The third-order valence-corrected chi connectivity index (χ3v) is 3.26. The Kier molecular flexibility index (Phi) is 4.82. The van der Waals surface area contributed by atoms with E-state index in [0.29, 0.717) is 0 Å². The lowest BCUT2D eigenvalue weighted by molar-refractivity contribution is -0.114. The predicted molar refractivity (Wildman–Crippen MR) is 86.0 cm³/mol. The Morgan fingerprint density at radius 2 is 1.76 bits per heavy atom. The maximum atomic E-state index is 12.0. The van der Waals surface area contributed by atoms with E-state index < -0.39 is 0 Å². The van der Waals surface area contributed by atoms with Gasteiger partial charge in [-0.2, -0.15) is 0 Å². The van der Waals surface area contributed by atoms with Gasteiger partial charge >= 0.3 is 0 Å². The van der Waals surface area contributed by atoms with Crippen LogP contribution >= 0.6 is 0 Å². The van der Waals surface area contributed by atoms with Crippen LogP contribution in [-0.2, 0) is 4.79 Å². The van der Waals surface area contributed by atoms with Crippen LogP contribution in [0.5, 0.6) is 5.75 Å². The van der Waals surface area contributed by atoms with Crippen LogP contribution in [0.25, 0.3) is 0 Å². The van der Waals surface area contributed by atoms with Gasteiger partial charge in [0.2, 0.25) is 5.91 Å². The van der Waals surface area contributed by atoms with Crippen molar-refractivity contribution in [3.05, 3.63) is 53.6 Å². The number of ether oxygens (including phenoxy) is 1. The molecule has 0 aromatic heterocycles. The maximum absolute atomic E-state index is 12.0. The van der Waals surface area contributed by atoms with Crippen molar-refractivity contribution < 1.29 is 9.53 Å². The first-order valence-electron chi connectivity index (χ1n) is 6.84. The zero-order chi connectivity index (χ0) is 15.2. The van der Waals surface area contributed by atoms with Crippen molar-refractivity contribution in [2.45, 2.75) is 13.8 Å². The van der Waals surface area contributed by atoms with Gasteiger partial charge in [0.1, 0.15) is 5.75 Å². The number of para-hydroxylation sites is 1. The first kappa shape index (κ1) is 14.9. The molecule has 2 aromatic carbocycles. The molecule has 2 rings (SSSR count). The number of methoxy groups -OCH3 is 1. The summed E-state index contributed by atoms with van der Waals surface area (Å²) in [6.07, 6.45) is 0. The molecule has 0 heterocycles. The predicted octanol–water partition coefficient (Wildman–Crippen LogP) is 3.36. The van der Waals surface area contributed by atoms with E-state index in [9.17, 15) is 4.79 Å². The summed E-state index contributed by atoms with van der Waals surface area (Å²) < 4.78 is 5.13. The summed E-state index contributed by atoms with van der Waals surface area (Å²) in [7, 11) is 1.60. The molecule has 0 unspecified atom stereocenters. The molecule has 0 aliphatic rings. The number of amides is 1. The van der Waals surface area contributed by atoms with E-state index in [4.69, 9.17) is 4.74 Å². The fraction of sp³-hybridized carbons (Fsp3) is 0.235. The standard InChI is InChI=1S/C17H20N2O2/c1-12-6-4-7-13(2)17(12)18-11-16(20)19-14-8-5-9-15(10-14)21-3/h4-10,18H,11H2,1-3H3,(H,19,20). The third kappa shape index (κ3) is 3.99. The second-order valence-electron chi connectivity index (χ2n) is 4.90. The molecule has 4 nitrogen and oxygen atoms in total. The Labute approximate surface area is 125 Å². The summed E-state index contributed by atoms with van der Waals surface area (Å²) in [6.45, 7) is 4.27. The Hall–Kier alpha value is -2.49. The normalized spacial score (nSPS) is 10.0. The van der Waals surface area contributed by atoms with E-state index in [2.05, 4.69) is 10.6 Å². The van der Waals surface area contributed by atoms with E-state index in [-0.39, 0.29) is 12.5 Å². The maximum Gasteiger partial charge on any atom is 0.243 e. The SMILES string of the molecule is COc1cccc(NC(=O)CNc2c(C)cccc2C)c1. The van der Waals surface area contributed by atoms with Crippen molar-refractivity contribution in [3.63, 3.8) is 0 Å². The van der Waals surface area contributed by atoms with Crippen molar-refractivity contribution in [3.8, 4) is 5.75 Å². The average molecular weight is 284 g/mol. The molecule has 0 radical (unpaired) electrons. The topological polar surface area (TPSA) is 50.4 Å². The number of hydrogen-bond donors (Lipinski definition) is 2. The van der Waals surface area contributed by atoms with Crippen LogP contribution in [0.15, 0.2) is 42.5 Å². The molecule has 0 saturated heterocycles. The smallest absolute Gasteiger partial charge is 0.243 e.